The van der Waals surface area contributed by atoms with Crippen molar-refractivity contribution in [3.05, 3.63) is 51.6 Å². The molecular formula is C12H9F2IN2O2S. The van der Waals surface area contributed by atoms with Crippen LogP contribution in [0.5, 0.6) is 0 Å². The van der Waals surface area contributed by atoms with Crippen LogP contribution in [0.2, 0.25) is 0 Å². The van der Waals surface area contributed by atoms with Crippen LogP contribution in [0.3, 0.4) is 0 Å². The van der Waals surface area contributed by atoms with Crippen LogP contribution in [-0.4, -0.2) is 8.42 Å². The number of para-hydroxylation sites is 1. The standard InChI is InChI=1S/C12H9F2IN2O2S/c13-7-4-5-10(9(15)6-7)17-20(18,19)11-3-1-2-8(14)12(11)16/h1-6,17H,16H2. The van der Waals surface area contributed by atoms with Gasteiger partial charge in [-0.3, -0.25) is 4.72 Å². The van der Waals surface area contributed by atoms with Crippen molar-refractivity contribution in [2.75, 3.05) is 10.5 Å². The van der Waals surface area contributed by atoms with Gasteiger partial charge in [-0.05, 0) is 52.9 Å². The van der Waals surface area contributed by atoms with Gasteiger partial charge in [-0.25, -0.2) is 17.2 Å². The summed E-state index contributed by atoms with van der Waals surface area (Å²) in [5.41, 5.74) is 5.16. The van der Waals surface area contributed by atoms with E-state index in [1.54, 1.807) is 22.6 Å². The molecule has 3 N–H and O–H groups in total. The van der Waals surface area contributed by atoms with Gasteiger partial charge in [-0.2, -0.15) is 0 Å². The lowest BCUT2D eigenvalue weighted by Gasteiger charge is -2.11. The van der Waals surface area contributed by atoms with E-state index in [4.69, 9.17) is 5.73 Å². The van der Waals surface area contributed by atoms with Crippen molar-refractivity contribution >= 4 is 44.0 Å². The lowest BCUT2D eigenvalue weighted by Crippen LogP contribution is -2.16. The van der Waals surface area contributed by atoms with Crippen molar-refractivity contribution < 1.29 is 17.2 Å². The van der Waals surface area contributed by atoms with E-state index in [1.807, 2.05) is 0 Å². The number of hydrogen-bond donors (Lipinski definition) is 2. The SMILES string of the molecule is Nc1c(F)cccc1S(=O)(=O)Nc1ccc(F)cc1I. The van der Waals surface area contributed by atoms with E-state index in [2.05, 4.69) is 4.72 Å². The molecular weight excluding hydrogens is 401 g/mol. The minimum Gasteiger partial charge on any atom is -0.395 e. The zero-order chi connectivity index (χ0) is 14.9. The van der Waals surface area contributed by atoms with Gasteiger partial charge in [-0.1, -0.05) is 6.07 Å². The highest BCUT2D eigenvalue weighted by Crippen LogP contribution is 2.26. The second kappa shape index (κ2) is 5.52. The molecule has 0 unspecified atom stereocenters. The van der Waals surface area contributed by atoms with Gasteiger partial charge in [-0.15, -0.1) is 0 Å². The van der Waals surface area contributed by atoms with E-state index in [0.717, 1.165) is 12.1 Å². The van der Waals surface area contributed by atoms with Gasteiger partial charge >= 0.3 is 0 Å². The second-order valence-electron chi connectivity index (χ2n) is 3.88. The molecule has 0 aliphatic heterocycles. The lowest BCUT2D eigenvalue weighted by molar-refractivity contribution is 0.597. The molecule has 20 heavy (non-hydrogen) atoms. The summed E-state index contributed by atoms with van der Waals surface area (Å²) in [6, 6.07) is 7.08. The zero-order valence-corrected chi connectivity index (χ0v) is 12.9. The summed E-state index contributed by atoms with van der Waals surface area (Å²) < 4.78 is 53.2. The Morgan fingerprint density at radius 2 is 1.85 bits per heavy atom. The van der Waals surface area contributed by atoms with Gasteiger partial charge in [0.15, 0.2) is 0 Å². The Morgan fingerprint density at radius 3 is 2.50 bits per heavy atom. The number of sulfonamides is 1. The molecule has 2 aromatic rings. The number of benzene rings is 2. The Balaban J connectivity index is 2.44. The normalized spacial score (nSPS) is 11.3. The molecule has 0 bridgehead atoms. The molecule has 2 rings (SSSR count). The number of anilines is 2. The molecule has 0 radical (unpaired) electrons. The maximum Gasteiger partial charge on any atom is 0.264 e. The van der Waals surface area contributed by atoms with E-state index in [1.165, 1.54) is 24.3 Å². The van der Waals surface area contributed by atoms with Gasteiger partial charge in [0.25, 0.3) is 10.0 Å². The monoisotopic (exact) mass is 410 g/mol. The predicted octanol–water partition coefficient (Wildman–Crippen LogP) is 2.95. The van der Waals surface area contributed by atoms with Crippen LogP contribution < -0.4 is 10.5 Å². The molecule has 0 aliphatic carbocycles. The Bertz CT molecular complexity index is 766. The van der Waals surface area contributed by atoms with Crippen LogP contribution in [0.25, 0.3) is 0 Å². The first-order valence-corrected chi connectivity index (χ1v) is 7.89. The Labute approximate surface area is 128 Å². The molecule has 0 spiro atoms. The number of halogens is 3. The summed E-state index contributed by atoms with van der Waals surface area (Å²) in [5, 5.41) is 0. The molecule has 0 fully saturated rings. The van der Waals surface area contributed by atoms with Crippen molar-refractivity contribution in [1.82, 2.24) is 0 Å². The first kappa shape index (κ1) is 15.0. The summed E-state index contributed by atoms with van der Waals surface area (Å²) in [5.74, 6) is -1.30. The summed E-state index contributed by atoms with van der Waals surface area (Å²) >= 11 is 1.79. The lowest BCUT2D eigenvalue weighted by atomic mass is 10.3. The van der Waals surface area contributed by atoms with Crippen LogP contribution >= 0.6 is 22.6 Å². The molecule has 0 aliphatic rings. The van der Waals surface area contributed by atoms with Crippen molar-refractivity contribution in [1.29, 1.82) is 0 Å². The number of rotatable bonds is 3. The van der Waals surface area contributed by atoms with Crippen LogP contribution in [0.4, 0.5) is 20.2 Å². The highest BCUT2D eigenvalue weighted by molar-refractivity contribution is 14.1. The van der Waals surface area contributed by atoms with E-state index < -0.39 is 27.3 Å². The average molecular weight is 410 g/mol. The van der Waals surface area contributed by atoms with Gasteiger partial charge < -0.3 is 5.73 Å². The molecule has 0 saturated carbocycles. The summed E-state index contributed by atoms with van der Waals surface area (Å²) in [6.07, 6.45) is 0. The Morgan fingerprint density at radius 1 is 1.15 bits per heavy atom. The zero-order valence-electron chi connectivity index (χ0n) is 9.90. The molecule has 0 atom stereocenters. The van der Waals surface area contributed by atoms with Crippen molar-refractivity contribution in [3.8, 4) is 0 Å². The van der Waals surface area contributed by atoms with Gasteiger partial charge in [0, 0.05) is 3.57 Å². The number of hydrogen-bond acceptors (Lipinski definition) is 3. The highest BCUT2D eigenvalue weighted by Gasteiger charge is 2.20. The summed E-state index contributed by atoms with van der Waals surface area (Å²) in [6.45, 7) is 0. The van der Waals surface area contributed by atoms with Gasteiger partial charge in [0.05, 0.1) is 11.4 Å². The van der Waals surface area contributed by atoms with Crippen LogP contribution in [-0.2, 0) is 10.0 Å². The van der Waals surface area contributed by atoms with E-state index >= 15 is 0 Å². The topological polar surface area (TPSA) is 72.2 Å². The first-order valence-electron chi connectivity index (χ1n) is 5.33. The minimum atomic E-state index is -4.04. The second-order valence-corrected chi connectivity index (χ2v) is 6.69. The van der Waals surface area contributed by atoms with Crippen LogP contribution in [0.15, 0.2) is 41.3 Å². The molecule has 8 heteroatoms. The highest BCUT2D eigenvalue weighted by atomic mass is 127. The van der Waals surface area contributed by atoms with Crippen molar-refractivity contribution in [2.24, 2.45) is 0 Å². The fourth-order valence-electron chi connectivity index (χ4n) is 1.52. The molecule has 0 heterocycles. The summed E-state index contributed by atoms with van der Waals surface area (Å²) in [7, 11) is -4.04. The maximum atomic E-state index is 13.3. The van der Waals surface area contributed by atoms with Crippen molar-refractivity contribution in [2.45, 2.75) is 4.90 Å². The molecule has 4 nitrogen and oxygen atoms in total. The summed E-state index contributed by atoms with van der Waals surface area (Å²) in [4.78, 5) is -0.363. The largest absolute Gasteiger partial charge is 0.395 e. The molecule has 0 aromatic heterocycles. The van der Waals surface area contributed by atoms with E-state index in [0.29, 0.717) is 3.57 Å². The van der Waals surface area contributed by atoms with E-state index in [-0.39, 0.29) is 10.6 Å². The Hall–Kier alpha value is -1.42. The van der Waals surface area contributed by atoms with Crippen LogP contribution in [0, 0.1) is 15.2 Å². The Kier molecular flexibility index (Phi) is 4.14. The molecule has 106 valence electrons. The van der Waals surface area contributed by atoms with Crippen molar-refractivity contribution in [3.63, 3.8) is 0 Å². The van der Waals surface area contributed by atoms with Crippen LogP contribution in [0.1, 0.15) is 0 Å². The van der Waals surface area contributed by atoms with Gasteiger partial charge in [0.1, 0.15) is 16.5 Å². The molecule has 0 saturated heterocycles. The molecule has 2 aromatic carbocycles. The maximum absolute atomic E-state index is 13.3. The third-order valence-electron chi connectivity index (χ3n) is 2.48. The quantitative estimate of drug-likeness (QED) is 0.604. The minimum absolute atomic E-state index is 0.190. The fourth-order valence-corrected chi connectivity index (χ4v) is 3.54. The fraction of sp³-hybridized carbons (Fsp3) is 0. The molecule has 0 amide bonds. The third-order valence-corrected chi connectivity index (χ3v) is 4.79. The van der Waals surface area contributed by atoms with E-state index in [9.17, 15) is 17.2 Å². The third kappa shape index (κ3) is 3.01. The van der Waals surface area contributed by atoms with Gasteiger partial charge in [0.2, 0.25) is 0 Å². The smallest absolute Gasteiger partial charge is 0.264 e. The average Bonchev–Trinajstić information content (AvgIpc) is 2.36. The first-order chi connectivity index (χ1) is 9.31. The predicted molar refractivity (Wildman–Crippen MR) is 80.7 cm³/mol. The number of nitrogen functional groups attached to an aromatic ring is 1. The number of nitrogens with two attached hydrogens (primary N) is 1. The number of nitrogens with one attached hydrogen (secondary N) is 1.